The largest absolute Gasteiger partial charge is 0.459 e. The van der Waals surface area contributed by atoms with Gasteiger partial charge in [-0.15, -0.1) is 0 Å². The van der Waals surface area contributed by atoms with Crippen LogP contribution >= 0.6 is 0 Å². The van der Waals surface area contributed by atoms with E-state index >= 15 is 0 Å². The Balaban J connectivity index is 2.17. The molecule has 3 fully saturated rings. The summed E-state index contributed by atoms with van der Waals surface area (Å²) in [6.45, 7) is 19.8. The fourth-order valence-corrected chi connectivity index (χ4v) is 9.06. The molecule has 52 heavy (non-hydrogen) atoms. The minimum atomic E-state index is -1.76. The van der Waals surface area contributed by atoms with Crippen LogP contribution in [0.15, 0.2) is 0 Å². The number of carbonyl (C=O) groups is 1. The van der Waals surface area contributed by atoms with Crippen LogP contribution in [0.5, 0.6) is 0 Å². The first-order chi connectivity index (χ1) is 23.9. The number of nitrogens with zero attached hydrogens (tertiary/aromatic N) is 1. The Hall–Kier alpha value is -0.970. The normalized spacial score (nSPS) is 50.7. The Morgan fingerprint density at radius 2 is 1.48 bits per heavy atom. The Morgan fingerprint density at radius 1 is 0.865 bits per heavy atom. The summed E-state index contributed by atoms with van der Waals surface area (Å²) in [6.07, 6.45) is -7.33. The van der Waals surface area contributed by atoms with E-state index in [0.29, 0.717) is 12.8 Å². The third-order valence-corrected chi connectivity index (χ3v) is 12.6. The van der Waals surface area contributed by atoms with Crippen LogP contribution in [0.25, 0.3) is 0 Å². The van der Waals surface area contributed by atoms with Crippen molar-refractivity contribution in [1.82, 2.24) is 4.90 Å². The number of hydrogen-bond donors (Lipinski definition) is 5. The first-order valence-electron chi connectivity index (χ1n) is 19.4. The monoisotopic (exact) mass is 748 g/mol. The molecule has 13 heteroatoms. The lowest BCUT2D eigenvalue weighted by molar-refractivity contribution is -0.318. The number of aliphatic hydroxyl groups excluding tert-OH is 3. The Morgan fingerprint density at radius 3 is 2.04 bits per heavy atom. The van der Waals surface area contributed by atoms with Gasteiger partial charge in [0.25, 0.3) is 0 Å². The molecule has 0 radical (unpaired) electrons. The van der Waals surface area contributed by atoms with Crippen LogP contribution in [0.2, 0.25) is 0 Å². The Kier molecular flexibility index (Phi) is 15.6. The fraction of sp³-hybridized carbons (Fsp3) is 0.974. The maximum atomic E-state index is 14.2. The van der Waals surface area contributed by atoms with Crippen molar-refractivity contribution in [3.63, 3.8) is 0 Å². The van der Waals surface area contributed by atoms with E-state index in [0.717, 1.165) is 0 Å². The van der Waals surface area contributed by atoms with Gasteiger partial charge in [0.15, 0.2) is 12.6 Å². The van der Waals surface area contributed by atoms with E-state index in [4.69, 9.17) is 28.4 Å². The molecule has 0 aromatic carbocycles. The number of aliphatic hydroxyl groups is 5. The highest BCUT2D eigenvalue weighted by molar-refractivity contribution is 5.73. The second kappa shape index (κ2) is 17.9. The second-order valence-corrected chi connectivity index (χ2v) is 17.6. The SMILES string of the molecule is CCC1OC(=O)C(C)C(OC2CC(C)(OC)C(O)C(C)O2)C(C)C(OC2OC(C)CC(N(C)C)C2O)C(C)(O)CC(C)CC(C)C(C)C(O)C1(C)O. The van der Waals surface area contributed by atoms with E-state index < -0.39 is 89.9 Å². The predicted molar refractivity (Wildman–Crippen MR) is 195 cm³/mol. The molecule has 3 rings (SSSR count). The fourth-order valence-electron chi connectivity index (χ4n) is 9.06. The van der Waals surface area contributed by atoms with E-state index in [9.17, 15) is 30.3 Å². The first-order valence-corrected chi connectivity index (χ1v) is 19.4. The highest BCUT2D eigenvalue weighted by Crippen LogP contribution is 2.41. The zero-order valence-electron chi connectivity index (χ0n) is 34.3. The standard InChI is InChI=1S/C39H73NO12/c1-15-28-39(11,46)32(42)23(5)21(3)16-20(2)18-37(9,45)34(52-36-30(41)27(40(12)13)17-22(4)48-36)24(6)31(25(7)35(44)50-28)51-29-19-38(10,47-14)33(43)26(8)49-29/h20-34,36,41-43,45-46H,15-19H2,1-14H3. The molecule has 0 aliphatic carbocycles. The van der Waals surface area contributed by atoms with Crippen molar-refractivity contribution in [2.45, 2.75) is 193 Å². The summed E-state index contributed by atoms with van der Waals surface area (Å²) >= 11 is 0. The second-order valence-electron chi connectivity index (χ2n) is 17.6. The first kappa shape index (κ1) is 45.4. The number of cyclic esters (lactones) is 1. The minimum absolute atomic E-state index is 0.0678. The lowest BCUT2D eigenvalue weighted by Gasteiger charge is -2.48. The maximum absolute atomic E-state index is 14.2. The molecule has 5 N–H and O–H groups in total. The molecule has 13 nitrogen and oxygen atoms in total. The maximum Gasteiger partial charge on any atom is 0.311 e. The molecule has 3 aliphatic rings. The number of carbonyl (C=O) groups excluding carboxylic acids is 1. The lowest BCUT2D eigenvalue weighted by atomic mass is 9.73. The van der Waals surface area contributed by atoms with Crippen LogP contribution in [-0.2, 0) is 33.2 Å². The van der Waals surface area contributed by atoms with Crippen molar-refractivity contribution in [2.75, 3.05) is 21.2 Å². The summed E-state index contributed by atoms with van der Waals surface area (Å²) in [7, 11) is 5.29. The van der Waals surface area contributed by atoms with Gasteiger partial charge in [0, 0.05) is 25.5 Å². The topological polar surface area (TPSA) is 177 Å². The molecule has 306 valence electrons. The zero-order chi connectivity index (χ0) is 39.7. The van der Waals surface area contributed by atoms with Gasteiger partial charge in [-0.1, -0.05) is 34.6 Å². The van der Waals surface area contributed by atoms with Crippen LogP contribution < -0.4 is 0 Å². The van der Waals surface area contributed by atoms with E-state index in [1.165, 1.54) is 14.0 Å². The van der Waals surface area contributed by atoms with Gasteiger partial charge in [0.05, 0.1) is 47.6 Å². The number of esters is 1. The Labute approximate surface area is 312 Å². The molecule has 0 bridgehead atoms. The van der Waals surface area contributed by atoms with Crippen LogP contribution in [0.4, 0.5) is 0 Å². The quantitative estimate of drug-likeness (QED) is 0.240. The zero-order valence-corrected chi connectivity index (χ0v) is 34.3. The van der Waals surface area contributed by atoms with Crippen molar-refractivity contribution >= 4 is 5.97 Å². The molecule has 3 saturated heterocycles. The molecule has 0 saturated carbocycles. The van der Waals surface area contributed by atoms with Gasteiger partial charge in [-0.25, -0.2) is 0 Å². The average molecular weight is 748 g/mol. The van der Waals surface area contributed by atoms with Gasteiger partial charge >= 0.3 is 5.97 Å². The summed E-state index contributed by atoms with van der Waals surface area (Å²) in [5.74, 6) is -2.91. The van der Waals surface area contributed by atoms with E-state index in [1.54, 1.807) is 34.6 Å². The van der Waals surface area contributed by atoms with Crippen LogP contribution in [0.1, 0.15) is 108 Å². The number of rotatable bonds is 7. The molecule has 19 atom stereocenters. The summed E-state index contributed by atoms with van der Waals surface area (Å²) in [5.41, 5.74) is -4.30. The molecule has 3 aliphatic heterocycles. The number of methoxy groups -OCH3 is 1. The highest BCUT2D eigenvalue weighted by Gasteiger charge is 2.52. The molecule has 0 spiro atoms. The third-order valence-electron chi connectivity index (χ3n) is 12.6. The van der Waals surface area contributed by atoms with Gasteiger partial charge in [0.1, 0.15) is 23.9 Å². The van der Waals surface area contributed by atoms with Crippen LogP contribution in [-0.4, -0.2) is 142 Å². The molecule has 0 aromatic rings. The van der Waals surface area contributed by atoms with Gasteiger partial charge in [-0.05, 0) is 99.1 Å². The Bertz CT molecular complexity index is 1140. The van der Waals surface area contributed by atoms with Crippen molar-refractivity contribution in [2.24, 2.45) is 29.6 Å². The molecular weight excluding hydrogens is 674 g/mol. The summed E-state index contributed by atoms with van der Waals surface area (Å²) in [4.78, 5) is 16.1. The average Bonchev–Trinajstić information content (AvgIpc) is 3.05. The van der Waals surface area contributed by atoms with Crippen molar-refractivity contribution in [3.05, 3.63) is 0 Å². The highest BCUT2D eigenvalue weighted by atomic mass is 16.7. The van der Waals surface area contributed by atoms with Crippen molar-refractivity contribution in [3.8, 4) is 0 Å². The van der Waals surface area contributed by atoms with Gasteiger partial charge in [-0.2, -0.15) is 0 Å². The number of ether oxygens (including phenoxy) is 6. The molecule has 19 unspecified atom stereocenters. The minimum Gasteiger partial charge on any atom is -0.459 e. The van der Waals surface area contributed by atoms with Crippen LogP contribution in [0, 0.1) is 29.6 Å². The van der Waals surface area contributed by atoms with Crippen molar-refractivity contribution < 1.29 is 58.7 Å². The molecule has 0 aromatic heterocycles. The smallest absolute Gasteiger partial charge is 0.311 e. The number of hydrogen-bond acceptors (Lipinski definition) is 13. The summed E-state index contributed by atoms with van der Waals surface area (Å²) < 4.78 is 37.6. The van der Waals surface area contributed by atoms with Crippen molar-refractivity contribution in [1.29, 1.82) is 0 Å². The van der Waals surface area contributed by atoms with E-state index in [2.05, 4.69) is 0 Å². The van der Waals surface area contributed by atoms with E-state index in [1.807, 2.05) is 53.6 Å². The number of likely N-dealkylation sites (N-methyl/N-ethyl adjacent to an activating group) is 1. The van der Waals surface area contributed by atoms with Gasteiger partial charge in [-0.3, -0.25) is 4.79 Å². The lowest BCUT2D eigenvalue weighted by Crippen LogP contribution is -2.60. The van der Waals surface area contributed by atoms with Gasteiger partial charge < -0.3 is 58.9 Å². The predicted octanol–water partition coefficient (Wildman–Crippen LogP) is 3.24. The third kappa shape index (κ3) is 10.1. The molecular formula is C39H73NO12. The molecule has 3 heterocycles. The van der Waals surface area contributed by atoms with Crippen LogP contribution in [0.3, 0.4) is 0 Å². The molecule has 0 amide bonds. The van der Waals surface area contributed by atoms with Gasteiger partial charge in [0.2, 0.25) is 0 Å². The summed E-state index contributed by atoms with van der Waals surface area (Å²) in [5, 5.41) is 58.2. The summed E-state index contributed by atoms with van der Waals surface area (Å²) in [6, 6.07) is -0.265. The van der Waals surface area contributed by atoms with E-state index in [-0.39, 0.29) is 49.2 Å².